The normalized spacial score (nSPS) is 27.1. The van der Waals surface area contributed by atoms with E-state index in [1.54, 1.807) is 6.92 Å². The molecule has 1 unspecified atom stereocenters. The molecular formula is C14H16N2O3S. The van der Waals surface area contributed by atoms with Gasteiger partial charge in [-0.05, 0) is 25.5 Å². The molecule has 0 radical (unpaired) electrons. The fraction of sp³-hybridized carbons (Fsp3) is 0.429. The summed E-state index contributed by atoms with van der Waals surface area (Å²) >= 11 is 1.17. The zero-order chi connectivity index (χ0) is 14.3. The molecule has 5 nitrogen and oxygen atoms in total. The Balaban J connectivity index is 1.99. The first-order valence-electron chi connectivity index (χ1n) is 6.61. The fourth-order valence-corrected chi connectivity index (χ4v) is 3.80. The number of carbonyl (C=O) groups is 2. The summed E-state index contributed by atoms with van der Waals surface area (Å²) in [5, 5.41) is 5.89. The highest BCUT2D eigenvalue weighted by atomic mass is 32.2. The van der Waals surface area contributed by atoms with E-state index in [1.165, 1.54) is 11.8 Å². The van der Waals surface area contributed by atoms with Gasteiger partial charge in [-0.15, -0.1) is 0 Å². The van der Waals surface area contributed by atoms with Gasteiger partial charge < -0.3 is 15.4 Å². The summed E-state index contributed by atoms with van der Waals surface area (Å²) in [6, 6.07) is 5.34. The predicted molar refractivity (Wildman–Crippen MR) is 77.9 cm³/mol. The van der Waals surface area contributed by atoms with Crippen LogP contribution in [-0.4, -0.2) is 29.1 Å². The predicted octanol–water partition coefficient (Wildman–Crippen LogP) is 2.22. The minimum absolute atomic E-state index is 0.0922. The number of nitrogens with one attached hydrogen (secondary N) is 2. The molecule has 0 spiro atoms. The van der Waals surface area contributed by atoms with E-state index in [1.807, 2.05) is 25.1 Å². The minimum atomic E-state index is -0.501. The highest BCUT2D eigenvalue weighted by Gasteiger charge is 2.47. The van der Waals surface area contributed by atoms with Gasteiger partial charge in [-0.3, -0.25) is 4.79 Å². The number of amides is 1. The first kappa shape index (κ1) is 13.3. The second kappa shape index (κ2) is 5.01. The van der Waals surface area contributed by atoms with Gasteiger partial charge in [0.05, 0.1) is 17.9 Å². The van der Waals surface area contributed by atoms with Gasteiger partial charge in [0, 0.05) is 5.69 Å². The quantitative estimate of drug-likeness (QED) is 0.818. The molecule has 1 aromatic rings. The molecule has 2 heterocycles. The Morgan fingerprint density at radius 1 is 1.40 bits per heavy atom. The molecule has 1 fully saturated rings. The zero-order valence-electron chi connectivity index (χ0n) is 11.3. The number of hydrogen-bond donors (Lipinski definition) is 2. The monoisotopic (exact) mass is 292 g/mol. The topological polar surface area (TPSA) is 67.4 Å². The van der Waals surface area contributed by atoms with Gasteiger partial charge >= 0.3 is 5.97 Å². The molecule has 0 bridgehead atoms. The molecule has 20 heavy (non-hydrogen) atoms. The molecule has 0 saturated carbocycles. The lowest BCUT2D eigenvalue weighted by Gasteiger charge is -2.34. The lowest BCUT2D eigenvalue weighted by Crippen LogP contribution is -2.46. The third-order valence-corrected chi connectivity index (χ3v) is 4.72. The van der Waals surface area contributed by atoms with Crippen LogP contribution >= 0.6 is 11.8 Å². The van der Waals surface area contributed by atoms with E-state index >= 15 is 0 Å². The van der Waals surface area contributed by atoms with Crippen molar-refractivity contribution < 1.29 is 14.3 Å². The van der Waals surface area contributed by atoms with E-state index in [-0.39, 0.29) is 22.5 Å². The van der Waals surface area contributed by atoms with Gasteiger partial charge in [-0.25, -0.2) is 4.79 Å². The summed E-state index contributed by atoms with van der Waals surface area (Å²) in [7, 11) is 0. The van der Waals surface area contributed by atoms with Crippen molar-refractivity contribution in [2.24, 2.45) is 0 Å². The number of hydrogen-bond acceptors (Lipinski definition) is 5. The Bertz CT molecular complexity index is 576. The van der Waals surface area contributed by atoms with Crippen LogP contribution in [-0.2, 0) is 9.53 Å². The van der Waals surface area contributed by atoms with Crippen LogP contribution in [0, 0.1) is 6.92 Å². The summed E-state index contributed by atoms with van der Waals surface area (Å²) in [6.45, 7) is 4.12. The van der Waals surface area contributed by atoms with E-state index in [4.69, 9.17) is 4.74 Å². The molecule has 106 valence electrons. The third-order valence-electron chi connectivity index (χ3n) is 3.57. The van der Waals surface area contributed by atoms with E-state index in [0.29, 0.717) is 6.61 Å². The highest BCUT2D eigenvalue weighted by Crippen LogP contribution is 2.43. The van der Waals surface area contributed by atoms with Crippen LogP contribution in [0.1, 0.15) is 24.1 Å². The Morgan fingerprint density at radius 2 is 2.20 bits per heavy atom. The molecule has 0 aromatic heterocycles. The van der Waals surface area contributed by atoms with Crippen molar-refractivity contribution in [2.75, 3.05) is 11.9 Å². The Hall–Kier alpha value is -1.69. The molecule has 3 rings (SSSR count). The highest BCUT2D eigenvalue weighted by molar-refractivity contribution is 8.14. The molecule has 6 heteroatoms. The lowest BCUT2D eigenvalue weighted by atomic mass is 9.91. The molecule has 2 aliphatic heterocycles. The molecule has 1 saturated heterocycles. The molecule has 1 amide bonds. The zero-order valence-corrected chi connectivity index (χ0v) is 12.1. The Morgan fingerprint density at radius 3 is 2.95 bits per heavy atom. The van der Waals surface area contributed by atoms with Gasteiger partial charge in [-0.2, -0.15) is 0 Å². The van der Waals surface area contributed by atoms with Crippen LogP contribution in [0.2, 0.25) is 0 Å². The number of rotatable bonds is 2. The number of aryl methyl sites for hydroxylation is 1. The molecule has 3 atom stereocenters. The van der Waals surface area contributed by atoms with E-state index in [9.17, 15) is 9.59 Å². The standard InChI is InChI=1S/C14H16N2O3S/c1-3-19-13(17)11-12-10(16-14(18)20-12)8-6-7(2)4-5-9(8)15-11/h4-6,10-12,15H,3H2,1-2H3,(H,16,18)/t10-,11?,12-/m1/s1. The third kappa shape index (κ3) is 2.14. The smallest absolute Gasteiger partial charge is 0.329 e. The van der Waals surface area contributed by atoms with Crippen molar-refractivity contribution in [3.8, 4) is 0 Å². The van der Waals surface area contributed by atoms with Crippen LogP contribution in [0.15, 0.2) is 18.2 Å². The van der Waals surface area contributed by atoms with Crippen LogP contribution in [0.5, 0.6) is 0 Å². The summed E-state index contributed by atoms with van der Waals surface area (Å²) in [6.07, 6.45) is 0. The summed E-state index contributed by atoms with van der Waals surface area (Å²) < 4.78 is 5.11. The number of anilines is 1. The van der Waals surface area contributed by atoms with Crippen LogP contribution < -0.4 is 10.6 Å². The van der Waals surface area contributed by atoms with Crippen LogP contribution in [0.4, 0.5) is 10.5 Å². The Kier molecular flexibility index (Phi) is 3.33. The van der Waals surface area contributed by atoms with E-state index in [2.05, 4.69) is 10.6 Å². The van der Waals surface area contributed by atoms with Gasteiger partial charge in [0.1, 0.15) is 6.04 Å². The number of carbonyl (C=O) groups excluding carboxylic acids is 2. The molecule has 2 N–H and O–H groups in total. The average molecular weight is 292 g/mol. The van der Waals surface area contributed by atoms with Crippen molar-refractivity contribution in [1.29, 1.82) is 0 Å². The second-order valence-corrected chi connectivity index (χ2v) is 6.11. The average Bonchev–Trinajstić information content (AvgIpc) is 2.80. The van der Waals surface area contributed by atoms with Gasteiger partial charge in [0.15, 0.2) is 0 Å². The maximum absolute atomic E-state index is 12.1. The minimum Gasteiger partial charge on any atom is -0.464 e. The molecule has 0 aliphatic carbocycles. The maximum Gasteiger partial charge on any atom is 0.329 e. The molecular weight excluding hydrogens is 276 g/mol. The maximum atomic E-state index is 12.1. The van der Waals surface area contributed by atoms with Crippen LogP contribution in [0.3, 0.4) is 0 Å². The summed E-state index contributed by atoms with van der Waals surface area (Å²) in [4.78, 5) is 23.8. The number of ether oxygens (including phenoxy) is 1. The first-order chi connectivity index (χ1) is 9.60. The molecule has 1 aromatic carbocycles. The number of thioether (sulfide) groups is 1. The summed E-state index contributed by atoms with van der Waals surface area (Å²) in [5.41, 5.74) is 3.05. The van der Waals surface area contributed by atoms with Crippen molar-refractivity contribution in [2.45, 2.75) is 31.2 Å². The number of fused-ring (bicyclic) bond motifs is 3. The van der Waals surface area contributed by atoms with Crippen molar-refractivity contribution in [3.63, 3.8) is 0 Å². The van der Waals surface area contributed by atoms with Gasteiger partial charge in [0.2, 0.25) is 0 Å². The first-order valence-corrected chi connectivity index (χ1v) is 7.49. The lowest BCUT2D eigenvalue weighted by molar-refractivity contribution is -0.144. The summed E-state index contributed by atoms with van der Waals surface area (Å²) in [5.74, 6) is -0.308. The Labute approximate surface area is 121 Å². The fourth-order valence-electron chi connectivity index (χ4n) is 2.70. The van der Waals surface area contributed by atoms with Crippen LogP contribution in [0.25, 0.3) is 0 Å². The van der Waals surface area contributed by atoms with E-state index < -0.39 is 6.04 Å². The molecule has 2 aliphatic rings. The van der Waals surface area contributed by atoms with Crippen molar-refractivity contribution in [3.05, 3.63) is 29.3 Å². The second-order valence-electron chi connectivity index (χ2n) is 4.96. The number of esters is 1. The largest absolute Gasteiger partial charge is 0.464 e. The van der Waals surface area contributed by atoms with Crippen molar-refractivity contribution >= 4 is 28.7 Å². The number of benzene rings is 1. The van der Waals surface area contributed by atoms with Crippen molar-refractivity contribution in [1.82, 2.24) is 5.32 Å². The SMILES string of the molecule is CCOC(=O)C1Nc2ccc(C)cc2[C@H]2NC(=O)S[C@@H]12. The van der Waals surface area contributed by atoms with Gasteiger partial charge in [0.25, 0.3) is 5.24 Å². The van der Waals surface area contributed by atoms with Gasteiger partial charge in [-0.1, -0.05) is 29.5 Å². The van der Waals surface area contributed by atoms with E-state index in [0.717, 1.165) is 16.8 Å².